The molecule has 1 aromatic heterocycles. The predicted molar refractivity (Wildman–Crippen MR) is 67.2 cm³/mol. The SMILES string of the molecule is O=C1CC2OC(=O)C=C2N(Cc2ccc(Cl)nc2)C1. The van der Waals surface area contributed by atoms with Gasteiger partial charge >= 0.3 is 5.97 Å². The number of likely N-dealkylation sites (tertiary alicyclic amines) is 1. The zero-order valence-corrected chi connectivity index (χ0v) is 10.8. The first-order valence-corrected chi connectivity index (χ1v) is 6.29. The average molecular weight is 279 g/mol. The molecule has 1 unspecified atom stereocenters. The zero-order chi connectivity index (χ0) is 13.4. The molecule has 0 aromatic carbocycles. The van der Waals surface area contributed by atoms with Gasteiger partial charge in [-0.1, -0.05) is 17.7 Å². The average Bonchev–Trinajstić information content (AvgIpc) is 2.72. The Kier molecular flexibility index (Phi) is 2.98. The topological polar surface area (TPSA) is 59.5 Å². The summed E-state index contributed by atoms with van der Waals surface area (Å²) in [6.45, 7) is 0.802. The van der Waals surface area contributed by atoms with Gasteiger partial charge in [0.05, 0.1) is 18.7 Å². The minimum absolute atomic E-state index is 0.0683. The van der Waals surface area contributed by atoms with Gasteiger partial charge in [-0.25, -0.2) is 9.78 Å². The van der Waals surface area contributed by atoms with Crippen LogP contribution < -0.4 is 0 Å². The molecule has 3 heterocycles. The lowest BCUT2D eigenvalue weighted by Crippen LogP contribution is -2.40. The Labute approximate surface area is 114 Å². The van der Waals surface area contributed by atoms with Crippen LogP contribution in [0.5, 0.6) is 0 Å². The summed E-state index contributed by atoms with van der Waals surface area (Å²) in [7, 11) is 0. The van der Waals surface area contributed by atoms with Crippen molar-refractivity contribution in [1.82, 2.24) is 9.88 Å². The lowest BCUT2D eigenvalue weighted by molar-refractivity contribution is -0.141. The van der Waals surface area contributed by atoms with Gasteiger partial charge in [0.15, 0.2) is 5.78 Å². The Morgan fingerprint density at radius 3 is 3.00 bits per heavy atom. The molecular weight excluding hydrogens is 268 g/mol. The van der Waals surface area contributed by atoms with Crippen molar-refractivity contribution in [3.63, 3.8) is 0 Å². The second-order valence-corrected chi connectivity index (χ2v) is 4.97. The van der Waals surface area contributed by atoms with Crippen LogP contribution in [-0.2, 0) is 20.9 Å². The number of ether oxygens (including phenoxy) is 1. The van der Waals surface area contributed by atoms with Crippen molar-refractivity contribution < 1.29 is 14.3 Å². The molecule has 0 N–H and O–H groups in total. The molecule has 2 aliphatic rings. The van der Waals surface area contributed by atoms with E-state index < -0.39 is 6.10 Å². The van der Waals surface area contributed by atoms with Gasteiger partial charge in [0.1, 0.15) is 11.3 Å². The molecule has 0 bridgehead atoms. The van der Waals surface area contributed by atoms with E-state index in [0.717, 1.165) is 11.3 Å². The molecule has 6 heteroatoms. The molecule has 3 rings (SSSR count). The Morgan fingerprint density at radius 2 is 2.26 bits per heavy atom. The minimum atomic E-state index is -0.422. The number of rotatable bonds is 2. The van der Waals surface area contributed by atoms with E-state index in [9.17, 15) is 9.59 Å². The number of Topliss-reactive ketones (excluding diaryl/α,β-unsaturated/α-hetero) is 1. The molecule has 1 aromatic rings. The number of nitrogens with zero attached hydrogens (tertiary/aromatic N) is 2. The molecule has 1 atom stereocenters. The number of aromatic nitrogens is 1. The summed E-state index contributed by atoms with van der Waals surface area (Å²) >= 11 is 5.73. The van der Waals surface area contributed by atoms with Crippen LogP contribution >= 0.6 is 11.6 Å². The van der Waals surface area contributed by atoms with E-state index in [2.05, 4.69) is 4.98 Å². The fourth-order valence-electron chi connectivity index (χ4n) is 2.33. The van der Waals surface area contributed by atoms with E-state index in [4.69, 9.17) is 16.3 Å². The van der Waals surface area contributed by atoms with Crippen molar-refractivity contribution in [2.75, 3.05) is 6.54 Å². The van der Waals surface area contributed by atoms with Gasteiger partial charge in [-0.2, -0.15) is 0 Å². The van der Waals surface area contributed by atoms with E-state index in [-0.39, 0.29) is 18.2 Å². The first kappa shape index (κ1) is 12.2. The number of carbonyl (C=O) groups is 2. The highest BCUT2D eigenvalue weighted by atomic mass is 35.5. The second-order valence-electron chi connectivity index (χ2n) is 4.58. The molecule has 2 aliphatic heterocycles. The largest absolute Gasteiger partial charge is 0.452 e. The standard InChI is InChI=1S/C13H11ClN2O3/c14-12-2-1-8(5-15-12)6-16-7-9(17)3-11-10(16)4-13(18)19-11/h1-2,4-5,11H,3,6-7H2. The fourth-order valence-corrected chi connectivity index (χ4v) is 2.44. The van der Waals surface area contributed by atoms with E-state index in [1.165, 1.54) is 6.08 Å². The number of fused-ring (bicyclic) bond motifs is 1. The highest BCUT2D eigenvalue weighted by Crippen LogP contribution is 2.28. The lowest BCUT2D eigenvalue weighted by atomic mass is 10.0. The maximum absolute atomic E-state index is 11.7. The van der Waals surface area contributed by atoms with Gasteiger partial charge in [0.25, 0.3) is 0 Å². The van der Waals surface area contributed by atoms with Crippen molar-refractivity contribution in [3.05, 3.63) is 40.8 Å². The molecule has 5 nitrogen and oxygen atoms in total. The fraction of sp³-hybridized carbons (Fsp3) is 0.308. The van der Waals surface area contributed by atoms with Crippen LogP contribution in [-0.4, -0.2) is 34.3 Å². The molecule has 98 valence electrons. The lowest BCUT2D eigenvalue weighted by Gasteiger charge is -2.32. The summed E-state index contributed by atoms with van der Waals surface area (Å²) in [6, 6.07) is 3.55. The van der Waals surface area contributed by atoms with Gasteiger partial charge in [-0.3, -0.25) is 4.79 Å². The van der Waals surface area contributed by atoms with Gasteiger partial charge in [-0.05, 0) is 11.6 Å². The number of esters is 1. The third-order valence-electron chi connectivity index (χ3n) is 3.16. The summed E-state index contributed by atoms with van der Waals surface area (Å²) in [4.78, 5) is 28.8. The molecule has 0 saturated carbocycles. The van der Waals surface area contributed by atoms with E-state index in [1.54, 1.807) is 12.3 Å². The van der Waals surface area contributed by atoms with Crippen LogP contribution in [0.2, 0.25) is 5.15 Å². The third kappa shape index (κ3) is 2.46. The van der Waals surface area contributed by atoms with Crippen LogP contribution in [0.3, 0.4) is 0 Å². The maximum Gasteiger partial charge on any atom is 0.333 e. The van der Waals surface area contributed by atoms with Gasteiger partial charge < -0.3 is 9.64 Å². The number of pyridine rings is 1. The van der Waals surface area contributed by atoms with Crippen LogP contribution in [0.4, 0.5) is 0 Å². The minimum Gasteiger partial charge on any atom is -0.452 e. The third-order valence-corrected chi connectivity index (χ3v) is 3.39. The van der Waals surface area contributed by atoms with Crippen LogP contribution in [0.1, 0.15) is 12.0 Å². The Balaban J connectivity index is 1.82. The zero-order valence-electron chi connectivity index (χ0n) is 10.0. The van der Waals surface area contributed by atoms with E-state index >= 15 is 0 Å². The number of hydrogen-bond donors (Lipinski definition) is 0. The van der Waals surface area contributed by atoms with Gasteiger partial charge in [-0.15, -0.1) is 0 Å². The van der Waals surface area contributed by atoms with Crippen LogP contribution in [0, 0.1) is 0 Å². The summed E-state index contributed by atoms with van der Waals surface area (Å²) in [6.07, 6.45) is 2.97. The van der Waals surface area contributed by atoms with E-state index in [0.29, 0.717) is 18.2 Å². The van der Waals surface area contributed by atoms with Crippen LogP contribution in [0.15, 0.2) is 30.1 Å². The van der Waals surface area contributed by atoms with Crippen molar-refractivity contribution >= 4 is 23.4 Å². The first-order chi connectivity index (χ1) is 9.11. The quantitative estimate of drug-likeness (QED) is 0.603. The monoisotopic (exact) mass is 278 g/mol. The van der Waals surface area contributed by atoms with Gasteiger partial charge in [0.2, 0.25) is 0 Å². The number of ketones is 1. The molecule has 0 spiro atoms. The molecule has 0 radical (unpaired) electrons. The van der Waals surface area contributed by atoms with Crippen molar-refractivity contribution in [2.24, 2.45) is 0 Å². The summed E-state index contributed by atoms with van der Waals surface area (Å²) in [5, 5.41) is 0.426. The summed E-state index contributed by atoms with van der Waals surface area (Å²) in [5.74, 6) is -0.312. The Hall–Kier alpha value is -1.88. The Morgan fingerprint density at radius 1 is 1.42 bits per heavy atom. The van der Waals surface area contributed by atoms with Crippen molar-refractivity contribution in [1.29, 1.82) is 0 Å². The Bertz CT molecular complexity index is 568. The number of halogens is 1. The molecule has 1 fully saturated rings. The highest BCUT2D eigenvalue weighted by molar-refractivity contribution is 6.29. The number of hydrogen-bond acceptors (Lipinski definition) is 5. The summed E-state index contributed by atoms with van der Waals surface area (Å²) < 4.78 is 5.09. The number of carbonyl (C=O) groups excluding carboxylic acids is 2. The molecule has 0 aliphatic carbocycles. The second kappa shape index (κ2) is 4.66. The normalized spacial score (nSPS) is 22.1. The van der Waals surface area contributed by atoms with E-state index in [1.807, 2.05) is 11.0 Å². The maximum atomic E-state index is 11.7. The summed E-state index contributed by atoms with van der Waals surface area (Å²) in [5.41, 5.74) is 1.71. The van der Waals surface area contributed by atoms with Crippen LogP contribution in [0.25, 0.3) is 0 Å². The molecule has 19 heavy (non-hydrogen) atoms. The predicted octanol–water partition coefficient (Wildman–Crippen LogP) is 1.32. The smallest absolute Gasteiger partial charge is 0.333 e. The number of piperidine rings is 1. The first-order valence-electron chi connectivity index (χ1n) is 5.91. The molecule has 0 amide bonds. The van der Waals surface area contributed by atoms with Crippen molar-refractivity contribution in [2.45, 2.75) is 19.1 Å². The molecular formula is C13H11ClN2O3. The van der Waals surface area contributed by atoms with Crippen molar-refractivity contribution in [3.8, 4) is 0 Å². The molecule has 1 saturated heterocycles. The van der Waals surface area contributed by atoms with Gasteiger partial charge in [0, 0.05) is 18.8 Å². The highest BCUT2D eigenvalue weighted by Gasteiger charge is 2.36.